The van der Waals surface area contributed by atoms with Crippen molar-refractivity contribution in [1.82, 2.24) is 5.32 Å². The van der Waals surface area contributed by atoms with Crippen LogP contribution in [0.15, 0.2) is 48.0 Å². The molecular formula is C19H15ClN2O2S. The Morgan fingerprint density at radius 2 is 1.72 bits per heavy atom. The number of nitrogens with zero attached hydrogens (tertiary/aromatic N) is 1. The summed E-state index contributed by atoms with van der Waals surface area (Å²) >= 11 is 11.1. The van der Waals surface area contributed by atoms with Crippen LogP contribution >= 0.6 is 23.8 Å². The van der Waals surface area contributed by atoms with Gasteiger partial charge in [0.1, 0.15) is 5.57 Å². The predicted octanol–water partition coefficient (Wildman–Crippen LogP) is 3.79. The van der Waals surface area contributed by atoms with Crippen LogP contribution in [0.3, 0.4) is 0 Å². The van der Waals surface area contributed by atoms with Gasteiger partial charge in [0.25, 0.3) is 11.8 Å². The smallest absolute Gasteiger partial charge is 0.270 e. The van der Waals surface area contributed by atoms with Crippen LogP contribution in [0.5, 0.6) is 0 Å². The Labute approximate surface area is 156 Å². The van der Waals surface area contributed by atoms with Gasteiger partial charge in [-0.1, -0.05) is 29.8 Å². The van der Waals surface area contributed by atoms with Gasteiger partial charge in [-0.05, 0) is 73.1 Å². The molecule has 1 saturated heterocycles. The quantitative estimate of drug-likeness (QED) is 0.497. The van der Waals surface area contributed by atoms with E-state index in [9.17, 15) is 9.59 Å². The van der Waals surface area contributed by atoms with Crippen LogP contribution in [-0.2, 0) is 9.59 Å². The minimum Gasteiger partial charge on any atom is -0.298 e. The number of thiocarbonyl (C=S) groups is 1. The van der Waals surface area contributed by atoms with E-state index in [1.807, 2.05) is 32.0 Å². The monoisotopic (exact) mass is 370 g/mol. The second-order valence-corrected chi connectivity index (χ2v) is 6.60. The Kier molecular flexibility index (Phi) is 4.70. The average molecular weight is 371 g/mol. The van der Waals surface area contributed by atoms with Crippen LogP contribution in [0.25, 0.3) is 6.08 Å². The van der Waals surface area contributed by atoms with Crippen molar-refractivity contribution in [1.29, 1.82) is 0 Å². The van der Waals surface area contributed by atoms with Crippen molar-refractivity contribution in [3.05, 3.63) is 69.8 Å². The maximum absolute atomic E-state index is 12.9. The summed E-state index contributed by atoms with van der Waals surface area (Å²) in [6.45, 7) is 3.99. The van der Waals surface area contributed by atoms with Crippen LogP contribution in [0.4, 0.5) is 5.69 Å². The molecule has 0 unspecified atom stereocenters. The largest absolute Gasteiger partial charge is 0.298 e. The summed E-state index contributed by atoms with van der Waals surface area (Å²) in [5.74, 6) is -0.965. The molecule has 0 radical (unpaired) electrons. The van der Waals surface area contributed by atoms with Crippen LogP contribution in [-0.4, -0.2) is 16.9 Å². The molecule has 1 N–H and O–H groups in total. The molecule has 6 heteroatoms. The molecule has 1 aliphatic heterocycles. The van der Waals surface area contributed by atoms with E-state index in [4.69, 9.17) is 23.8 Å². The second kappa shape index (κ2) is 6.78. The van der Waals surface area contributed by atoms with Crippen molar-refractivity contribution in [3.63, 3.8) is 0 Å². The first-order chi connectivity index (χ1) is 11.9. The van der Waals surface area contributed by atoms with Crippen molar-refractivity contribution >= 4 is 52.5 Å². The SMILES string of the molecule is Cc1ccc(/C=C2/C(=O)NC(=S)N(c3ccc(Cl)cc3)C2=O)cc1C. The number of hydrogen-bond acceptors (Lipinski definition) is 3. The van der Waals surface area contributed by atoms with Gasteiger partial charge in [-0.2, -0.15) is 0 Å². The first-order valence-electron chi connectivity index (χ1n) is 7.61. The van der Waals surface area contributed by atoms with Crippen molar-refractivity contribution in [3.8, 4) is 0 Å². The van der Waals surface area contributed by atoms with E-state index in [2.05, 4.69) is 5.32 Å². The number of amides is 2. The first kappa shape index (κ1) is 17.3. The summed E-state index contributed by atoms with van der Waals surface area (Å²) in [5.41, 5.74) is 3.59. The molecule has 2 aromatic carbocycles. The molecule has 25 heavy (non-hydrogen) atoms. The van der Waals surface area contributed by atoms with Crippen molar-refractivity contribution in [2.75, 3.05) is 4.90 Å². The summed E-state index contributed by atoms with van der Waals surface area (Å²) in [6, 6.07) is 12.4. The number of carbonyl (C=O) groups excluding carboxylic acids is 2. The highest BCUT2D eigenvalue weighted by Crippen LogP contribution is 2.24. The van der Waals surface area contributed by atoms with E-state index >= 15 is 0 Å². The highest BCUT2D eigenvalue weighted by atomic mass is 35.5. The predicted molar refractivity (Wildman–Crippen MR) is 104 cm³/mol. The molecule has 0 aromatic heterocycles. The fourth-order valence-electron chi connectivity index (χ4n) is 2.50. The molecule has 0 aliphatic carbocycles. The molecule has 126 valence electrons. The molecule has 0 saturated carbocycles. The lowest BCUT2D eigenvalue weighted by atomic mass is 10.0. The average Bonchev–Trinajstić information content (AvgIpc) is 2.56. The summed E-state index contributed by atoms with van der Waals surface area (Å²) in [4.78, 5) is 26.4. The van der Waals surface area contributed by atoms with Gasteiger partial charge in [0.05, 0.1) is 5.69 Å². The Bertz CT molecular complexity index is 920. The van der Waals surface area contributed by atoms with Gasteiger partial charge in [-0.25, -0.2) is 0 Å². The Morgan fingerprint density at radius 3 is 2.36 bits per heavy atom. The Morgan fingerprint density at radius 1 is 1.04 bits per heavy atom. The van der Waals surface area contributed by atoms with E-state index in [1.165, 1.54) is 4.90 Å². The standard InChI is InChI=1S/C19H15ClN2O2S/c1-11-3-4-13(9-12(11)2)10-16-17(23)21-19(25)22(18(16)24)15-7-5-14(20)6-8-15/h3-10H,1-2H3,(H,21,23,25)/b16-10-. The van der Waals surface area contributed by atoms with Gasteiger partial charge >= 0.3 is 0 Å². The molecule has 0 atom stereocenters. The van der Waals surface area contributed by atoms with Crippen LogP contribution in [0.1, 0.15) is 16.7 Å². The van der Waals surface area contributed by atoms with E-state index in [-0.39, 0.29) is 10.7 Å². The molecular weight excluding hydrogens is 356 g/mol. The molecule has 2 amide bonds. The number of rotatable bonds is 2. The van der Waals surface area contributed by atoms with Crippen molar-refractivity contribution in [2.45, 2.75) is 13.8 Å². The summed E-state index contributed by atoms with van der Waals surface area (Å²) in [7, 11) is 0. The number of anilines is 1. The fourth-order valence-corrected chi connectivity index (χ4v) is 2.91. The first-order valence-corrected chi connectivity index (χ1v) is 8.40. The normalized spacial score (nSPS) is 16.4. The van der Waals surface area contributed by atoms with Crippen LogP contribution < -0.4 is 10.2 Å². The molecule has 0 bridgehead atoms. The number of nitrogens with one attached hydrogen (secondary N) is 1. The third kappa shape index (κ3) is 3.48. The zero-order valence-electron chi connectivity index (χ0n) is 13.7. The highest BCUT2D eigenvalue weighted by molar-refractivity contribution is 7.80. The molecule has 1 heterocycles. The third-order valence-electron chi connectivity index (χ3n) is 4.03. The zero-order chi connectivity index (χ0) is 18.1. The number of hydrogen-bond donors (Lipinski definition) is 1. The van der Waals surface area contributed by atoms with Crippen molar-refractivity contribution in [2.24, 2.45) is 0 Å². The van der Waals surface area contributed by atoms with Gasteiger partial charge < -0.3 is 0 Å². The maximum Gasteiger partial charge on any atom is 0.270 e. The Hall–Kier alpha value is -2.50. The molecule has 1 fully saturated rings. The molecule has 1 aliphatic rings. The summed E-state index contributed by atoms with van der Waals surface area (Å²) in [5, 5.41) is 3.17. The van der Waals surface area contributed by atoms with Gasteiger partial charge in [0, 0.05) is 5.02 Å². The van der Waals surface area contributed by atoms with E-state index in [1.54, 1.807) is 30.3 Å². The van der Waals surface area contributed by atoms with Gasteiger partial charge in [0.2, 0.25) is 0 Å². The van der Waals surface area contributed by atoms with E-state index < -0.39 is 11.8 Å². The van der Waals surface area contributed by atoms with E-state index in [0.717, 1.165) is 16.7 Å². The second-order valence-electron chi connectivity index (χ2n) is 5.78. The number of aryl methyl sites for hydroxylation is 2. The number of carbonyl (C=O) groups is 2. The molecule has 2 aromatic rings. The fraction of sp³-hybridized carbons (Fsp3) is 0.105. The lowest BCUT2D eigenvalue weighted by Gasteiger charge is -2.29. The maximum atomic E-state index is 12.9. The molecule has 3 rings (SSSR count). The van der Waals surface area contributed by atoms with Gasteiger partial charge in [-0.3, -0.25) is 19.8 Å². The zero-order valence-corrected chi connectivity index (χ0v) is 15.2. The summed E-state index contributed by atoms with van der Waals surface area (Å²) < 4.78 is 0. The van der Waals surface area contributed by atoms with E-state index in [0.29, 0.717) is 10.7 Å². The number of benzene rings is 2. The van der Waals surface area contributed by atoms with Crippen LogP contribution in [0.2, 0.25) is 5.02 Å². The lowest BCUT2D eigenvalue weighted by Crippen LogP contribution is -2.54. The summed E-state index contributed by atoms with van der Waals surface area (Å²) in [6.07, 6.45) is 1.58. The van der Waals surface area contributed by atoms with Crippen molar-refractivity contribution < 1.29 is 9.59 Å². The Balaban J connectivity index is 2.01. The highest BCUT2D eigenvalue weighted by Gasteiger charge is 2.34. The third-order valence-corrected chi connectivity index (χ3v) is 4.57. The van der Waals surface area contributed by atoms with Crippen LogP contribution in [0, 0.1) is 13.8 Å². The topological polar surface area (TPSA) is 49.4 Å². The lowest BCUT2D eigenvalue weighted by molar-refractivity contribution is -0.122. The minimum absolute atomic E-state index is 0.0341. The molecule has 0 spiro atoms. The molecule has 4 nitrogen and oxygen atoms in total. The van der Waals surface area contributed by atoms with Gasteiger partial charge in [-0.15, -0.1) is 0 Å². The minimum atomic E-state index is -0.501. The van der Waals surface area contributed by atoms with Gasteiger partial charge in [0.15, 0.2) is 5.11 Å². The number of halogens is 1.